The van der Waals surface area contributed by atoms with Gasteiger partial charge in [0.1, 0.15) is 0 Å². The van der Waals surface area contributed by atoms with Crippen molar-refractivity contribution in [3.63, 3.8) is 0 Å². The lowest BCUT2D eigenvalue weighted by molar-refractivity contribution is 0.645. The molecule has 94 valence electrons. The first kappa shape index (κ1) is 11.7. The molecule has 0 saturated heterocycles. The molecule has 0 unspecified atom stereocenters. The summed E-state index contributed by atoms with van der Waals surface area (Å²) in [5.74, 6) is 0. The third-order valence-corrected chi connectivity index (χ3v) is 4.40. The molecule has 2 aromatic rings. The number of rotatable bonds is 2. The summed E-state index contributed by atoms with van der Waals surface area (Å²) < 4.78 is 0. The Morgan fingerprint density at radius 2 is 2.22 bits per heavy atom. The molecule has 0 spiro atoms. The number of nitrogens with zero attached hydrogens (tertiary/aromatic N) is 1. The molecule has 0 fully saturated rings. The van der Waals surface area contributed by atoms with Crippen LogP contribution in [0.25, 0.3) is 0 Å². The number of hydrogen-bond acceptors (Lipinski definition) is 4. The Morgan fingerprint density at radius 3 is 3.00 bits per heavy atom. The van der Waals surface area contributed by atoms with Crippen LogP contribution in [0.4, 0.5) is 10.8 Å². The first-order chi connectivity index (χ1) is 8.74. The van der Waals surface area contributed by atoms with Gasteiger partial charge in [-0.05, 0) is 44.0 Å². The molecular weight excluding hydrogens is 242 g/mol. The monoisotopic (exact) mass is 259 g/mol. The molecule has 1 aromatic carbocycles. The Morgan fingerprint density at radius 1 is 1.33 bits per heavy atom. The molecule has 0 aliphatic carbocycles. The van der Waals surface area contributed by atoms with Gasteiger partial charge in [0.25, 0.3) is 0 Å². The third-order valence-electron chi connectivity index (χ3n) is 3.41. The third kappa shape index (κ3) is 2.13. The van der Waals surface area contributed by atoms with Gasteiger partial charge in [-0.3, -0.25) is 0 Å². The maximum atomic E-state index is 4.55. The zero-order chi connectivity index (χ0) is 12.5. The van der Waals surface area contributed by atoms with Crippen LogP contribution in [0, 0.1) is 13.8 Å². The fourth-order valence-corrected chi connectivity index (χ4v) is 3.12. The Bertz CT molecular complexity index is 555. The van der Waals surface area contributed by atoms with Gasteiger partial charge in [-0.15, -0.1) is 11.3 Å². The molecule has 0 bridgehead atoms. The van der Waals surface area contributed by atoms with E-state index in [0.29, 0.717) is 0 Å². The first-order valence-corrected chi connectivity index (χ1v) is 7.08. The van der Waals surface area contributed by atoms with Crippen LogP contribution in [0.15, 0.2) is 18.2 Å². The molecule has 0 saturated carbocycles. The van der Waals surface area contributed by atoms with Crippen molar-refractivity contribution >= 4 is 22.2 Å². The molecule has 4 heteroatoms. The van der Waals surface area contributed by atoms with Crippen LogP contribution in [0.2, 0.25) is 0 Å². The van der Waals surface area contributed by atoms with Crippen LogP contribution < -0.4 is 10.6 Å². The molecule has 2 heterocycles. The summed E-state index contributed by atoms with van der Waals surface area (Å²) in [4.78, 5) is 5.83. The number of thiazole rings is 1. The second-order valence-electron chi connectivity index (χ2n) is 4.66. The van der Waals surface area contributed by atoms with Crippen LogP contribution in [0.5, 0.6) is 0 Å². The SMILES string of the molecule is Cc1nc(Nc2cccc3c2CCNC3)sc1C. The first-order valence-electron chi connectivity index (χ1n) is 6.26. The molecule has 0 radical (unpaired) electrons. The highest BCUT2D eigenvalue weighted by molar-refractivity contribution is 7.15. The van der Waals surface area contributed by atoms with E-state index in [2.05, 4.69) is 47.7 Å². The van der Waals surface area contributed by atoms with Gasteiger partial charge in [0.05, 0.1) is 5.69 Å². The second kappa shape index (κ2) is 4.71. The summed E-state index contributed by atoms with van der Waals surface area (Å²) in [5.41, 5.74) is 5.16. The highest BCUT2D eigenvalue weighted by Crippen LogP contribution is 2.29. The second-order valence-corrected chi connectivity index (χ2v) is 5.86. The number of fused-ring (bicyclic) bond motifs is 1. The number of aromatic nitrogens is 1. The van der Waals surface area contributed by atoms with Gasteiger partial charge in [0.2, 0.25) is 0 Å². The highest BCUT2D eigenvalue weighted by Gasteiger charge is 2.13. The fraction of sp³-hybridized carbons (Fsp3) is 0.357. The van der Waals surface area contributed by atoms with Gasteiger partial charge in [-0.25, -0.2) is 4.98 Å². The van der Waals surface area contributed by atoms with Gasteiger partial charge in [0, 0.05) is 17.1 Å². The summed E-state index contributed by atoms with van der Waals surface area (Å²) in [7, 11) is 0. The quantitative estimate of drug-likeness (QED) is 0.870. The van der Waals surface area contributed by atoms with Crippen molar-refractivity contribution in [3.8, 4) is 0 Å². The van der Waals surface area contributed by atoms with Crippen molar-refractivity contribution in [1.82, 2.24) is 10.3 Å². The van der Waals surface area contributed by atoms with Crippen LogP contribution >= 0.6 is 11.3 Å². The summed E-state index contributed by atoms with van der Waals surface area (Å²) in [6.45, 7) is 6.20. The van der Waals surface area contributed by atoms with E-state index < -0.39 is 0 Å². The Kier molecular flexibility index (Phi) is 3.06. The van der Waals surface area contributed by atoms with Crippen LogP contribution in [0.1, 0.15) is 21.7 Å². The minimum atomic E-state index is 0.973. The summed E-state index contributed by atoms with van der Waals surface area (Å²) >= 11 is 1.72. The van der Waals surface area contributed by atoms with Crippen LogP contribution in [-0.4, -0.2) is 11.5 Å². The highest BCUT2D eigenvalue weighted by atomic mass is 32.1. The van der Waals surface area contributed by atoms with E-state index in [4.69, 9.17) is 0 Å². The Labute approximate surface area is 111 Å². The topological polar surface area (TPSA) is 37.0 Å². The van der Waals surface area contributed by atoms with Crippen LogP contribution in [0.3, 0.4) is 0 Å². The van der Waals surface area contributed by atoms with Gasteiger partial charge >= 0.3 is 0 Å². The molecular formula is C14H17N3S. The number of aryl methyl sites for hydroxylation is 2. The molecule has 18 heavy (non-hydrogen) atoms. The smallest absolute Gasteiger partial charge is 0.187 e. The minimum absolute atomic E-state index is 0.973. The molecule has 1 aliphatic heterocycles. The van der Waals surface area contributed by atoms with E-state index in [-0.39, 0.29) is 0 Å². The van der Waals surface area contributed by atoms with Gasteiger partial charge in [-0.2, -0.15) is 0 Å². The van der Waals surface area contributed by atoms with Crippen molar-refractivity contribution < 1.29 is 0 Å². The molecule has 2 N–H and O–H groups in total. The van der Waals surface area contributed by atoms with Crippen molar-refractivity contribution in [1.29, 1.82) is 0 Å². The number of anilines is 2. The van der Waals surface area contributed by atoms with E-state index in [9.17, 15) is 0 Å². The maximum absolute atomic E-state index is 4.55. The zero-order valence-electron chi connectivity index (χ0n) is 10.7. The minimum Gasteiger partial charge on any atom is -0.331 e. The summed E-state index contributed by atoms with van der Waals surface area (Å²) in [6.07, 6.45) is 1.09. The molecule has 1 aromatic heterocycles. The normalized spacial score (nSPS) is 14.3. The zero-order valence-corrected chi connectivity index (χ0v) is 11.5. The fourth-order valence-electron chi connectivity index (χ4n) is 2.29. The number of hydrogen-bond donors (Lipinski definition) is 2. The molecule has 3 nitrogen and oxygen atoms in total. The van der Waals surface area contributed by atoms with Crippen molar-refractivity contribution in [2.75, 3.05) is 11.9 Å². The van der Waals surface area contributed by atoms with Crippen molar-refractivity contribution in [2.45, 2.75) is 26.8 Å². The van der Waals surface area contributed by atoms with Crippen molar-refractivity contribution in [3.05, 3.63) is 39.9 Å². The lowest BCUT2D eigenvalue weighted by Crippen LogP contribution is -2.24. The van der Waals surface area contributed by atoms with E-state index in [1.54, 1.807) is 11.3 Å². The summed E-state index contributed by atoms with van der Waals surface area (Å²) in [6, 6.07) is 6.46. The van der Waals surface area contributed by atoms with E-state index in [1.165, 1.54) is 21.7 Å². The predicted molar refractivity (Wildman–Crippen MR) is 76.7 cm³/mol. The maximum Gasteiger partial charge on any atom is 0.187 e. The molecule has 0 amide bonds. The predicted octanol–water partition coefficient (Wildman–Crippen LogP) is 3.15. The Balaban J connectivity index is 1.93. The molecule has 1 aliphatic rings. The average molecular weight is 259 g/mol. The standard InChI is InChI=1S/C14H17N3S/c1-9-10(2)18-14(16-9)17-13-5-3-4-11-8-15-7-6-12(11)13/h3-5,15H,6-8H2,1-2H3,(H,16,17). The van der Waals surface area contributed by atoms with Crippen LogP contribution in [-0.2, 0) is 13.0 Å². The summed E-state index contributed by atoms with van der Waals surface area (Å²) in [5, 5.41) is 7.87. The van der Waals surface area contributed by atoms with E-state index in [1.807, 2.05) is 0 Å². The Hall–Kier alpha value is -1.39. The van der Waals surface area contributed by atoms with E-state index in [0.717, 1.165) is 30.3 Å². The van der Waals surface area contributed by atoms with Gasteiger partial charge in [0.15, 0.2) is 5.13 Å². The van der Waals surface area contributed by atoms with Crippen molar-refractivity contribution in [2.24, 2.45) is 0 Å². The van der Waals surface area contributed by atoms with E-state index >= 15 is 0 Å². The molecule has 3 rings (SSSR count). The average Bonchev–Trinajstić information content (AvgIpc) is 2.69. The largest absolute Gasteiger partial charge is 0.331 e. The molecule has 0 atom stereocenters. The lowest BCUT2D eigenvalue weighted by atomic mass is 9.99. The number of nitrogens with one attached hydrogen (secondary N) is 2. The van der Waals surface area contributed by atoms with Gasteiger partial charge in [-0.1, -0.05) is 12.1 Å². The lowest BCUT2D eigenvalue weighted by Gasteiger charge is -2.20. The number of benzene rings is 1. The van der Waals surface area contributed by atoms with Gasteiger partial charge < -0.3 is 10.6 Å².